The lowest BCUT2D eigenvalue weighted by Gasteiger charge is -2.22. The lowest BCUT2D eigenvalue weighted by Crippen LogP contribution is -2.43. The predicted octanol–water partition coefficient (Wildman–Crippen LogP) is 2.75. The van der Waals surface area contributed by atoms with Crippen molar-refractivity contribution in [2.75, 3.05) is 16.8 Å². The number of esters is 1. The highest BCUT2D eigenvalue weighted by Crippen LogP contribution is 2.33. The van der Waals surface area contributed by atoms with Crippen LogP contribution in [0, 0.1) is 0 Å². The number of Topliss-reactive ketones (excluding diaryl/α,β-unsaturated/α-hetero) is 2. The summed E-state index contributed by atoms with van der Waals surface area (Å²) in [6.07, 6.45) is 0. The van der Waals surface area contributed by atoms with Crippen LogP contribution in [0.25, 0.3) is 0 Å². The molecule has 0 fully saturated rings. The van der Waals surface area contributed by atoms with Crippen LogP contribution in [0.1, 0.15) is 34.6 Å². The molecule has 0 saturated heterocycles. The maximum atomic E-state index is 12.4. The Bertz CT molecular complexity index is 1060. The van der Waals surface area contributed by atoms with Crippen molar-refractivity contribution >= 4 is 56.7 Å². The van der Waals surface area contributed by atoms with Crippen LogP contribution in [-0.2, 0) is 19.1 Å². The van der Waals surface area contributed by atoms with Crippen LogP contribution < -0.4 is 10.2 Å². The van der Waals surface area contributed by atoms with E-state index in [1.165, 1.54) is 32.0 Å². The molecular weight excluding hydrogens is 456 g/mol. The standard InChI is InChI=1S/C21H17BrN2O6/c1-11(24-17-8-5-14(22)9-16(17)19(27)20(24)28)21(29)30-10-18(26)13-3-6-15(7-4-13)23-12(2)25/h3-9,11H,10H2,1-2H3,(H,23,25)/t11-/m0/s1. The van der Waals surface area contributed by atoms with Gasteiger partial charge < -0.3 is 10.1 Å². The number of hydrogen-bond acceptors (Lipinski definition) is 6. The van der Waals surface area contributed by atoms with E-state index in [0.717, 1.165) is 4.90 Å². The first kappa shape index (κ1) is 21.4. The molecule has 0 aliphatic carbocycles. The fourth-order valence-corrected chi connectivity index (χ4v) is 3.37. The topological polar surface area (TPSA) is 110 Å². The van der Waals surface area contributed by atoms with E-state index in [4.69, 9.17) is 4.74 Å². The van der Waals surface area contributed by atoms with Crippen LogP contribution >= 0.6 is 15.9 Å². The second-order valence-corrected chi connectivity index (χ2v) is 7.55. The molecule has 1 N–H and O–H groups in total. The summed E-state index contributed by atoms with van der Waals surface area (Å²) in [5.41, 5.74) is 1.35. The molecule has 3 rings (SSSR count). The molecule has 154 valence electrons. The number of nitrogens with zero attached hydrogens (tertiary/aromatic N) is 1. The summed E-state index contributed by atoms with van der Waals surface area (Å²) in [5, 5.41) is 2.58. The summed E-state index contributed by atoms with van der Waals surface area (Å²) in [6.45, 7) is 2.28. The second kappa shape index (κ2) is 8.58. The third kappa shape index (κ3) is 4.30. The monoisotopic (exact) mass is 472 g/mol. The van der Waals surface area contributed by atoms with Gasteiger partial charge in [0.1, 0.15) is 6.04 Å². The number of fused-ring (bicyclic) bond motifs is 1. The molecule has 30 heavy (non-hydrogen) atoms. The zero-order chi connectivity index (χ0) is 22.0. The van der Waals surface area contributed by atoms with Crippen molar-refractivity contribution in [2.24, 2.45) is 0 Å². The number of ketones is 2. The molecule has 0 bridgehead atoms. The quantitative estimate of drug-likeness (QED) is 0.393. The van der Waals surface area contributed by atoms with Crippen LogP contribution in [0.5, 0.6) is 0 Å². The molecule has 0 spiro atoms. The molecule has 0 aromatic heterocycles. The predicted molar refractivity (Wildman–Crippen MR) is 111 cm³/mol. The minimum Gasteiger partial charge on any atom is -0.456 e. The minimum absolute atomic E-state index is 0.198. The van der Waals surface area contributed by atoms with Gasteiger partial charge in [-0.2, -0.15) is 0 Å². The van der Waals surface area contributed by atoms with Crippen LogP contribution in [-0.4, -0.2) is 42.0 Å². The number of amides is 2. The van der Waals surface area contributed by atoms with E-state index in [2.05, 4.69) is 21.2 Å². The van der Waals surface area contributed by atoms with Crippen molar-refractivity contribution in [3.8, 4) is 0 Å². The molecule has 2 amide bonds. The first-order valence-electron chi connectivity index (χ1n) is 8.94. The van der Waals surface area contributed by atoms with E-state index in [1.54, 1.807) is 24.3 Å². The van der Waals surface area contributed by atoms with Gasteiger partial charge in [-0.15, -0.1) is 0 Å². The van der Waals surface area contributed by atoms with Gasteiger partial charge >= 0.3 is 5.97 Å². The average molecular weight is 473 g/mol. The van der Waals surface area contributed by atoms with Crippen LogP contribution in [0.3, 0.4) is 0 Å². The Morgan fingerprint density at radius 2 is 1.77 bits per heavy atom. The number of carbonyl (C=O) groups excluding carboxylic acids is 5. The van der Waals surface area contributed by atoms with Crippen molar-refractivity contribution in [3.63, 3.8) is 0 Å². The molecular formula is C21H17BrN2O6. The zero-order valence-electron chi connectivity index (χ0n) is 16.1. The maximum Gasteiger partial charge on any atom is 0.329 e. The number of nitrogens with one attached hydrogen (secondary N) is 1. The fraction of sp³-hybridized carbons (Fsp3) is 0.190. The number of anilines is 2. The molecule has 0 radical (unpaired) electrons. The van der Waals surface area contributed by atoms with Gasteiger partial charge in [0, 0.05) is 22.6 Å². The molecule has 2 aromatic rings. The maximum absolute atomic E-state index is 12.4. The first-order chi connectivity index (χ1) is 14.2. The van der Waals surface area contributed by atoms with Gasteiger partial charge in [0.25, 0.3) is 11.7 Å². The Balaban J connectivity index is 1.65. The third-order valence-corrected chi connectivity index (χ3v) is 4.97. The van der Waals surface area contributed by atoms with E-state index < -0.39 is 36.1 Å². The van der Waals surface area contributed by atoms with Crippen LogP contribution in [0.2, 0.25) is 0 Å². The molecule has 2 aromatic carbocycles. The van der Waals surface area contributed by atoms with E-state index in [-0.39, 0.29) is 11.5 Å². The van der Waals surface area contributed by atoms with Crippen molar-refractivity contribution in [2.45, 2.75) is 19.9 Å². The Labute approximate surface area is 180 Å². The van der Waals surface area contributed by atoms with Crippen LogP contribution in [0.4, 0.5) is 11.4 Å². The smallest absolute Gasteiger partial charge is 0.329 e. The van der Waals surface area contributed by atoms with E-state index in [0.29, 0.717) is 21.4 Å². The van der Waals surface area contributed by atoms with E-state index in [1.807, 2.05) is 0 Å². The SMILES string of the molecule is CC(=O)Nc1ccc(C(=O)COC(=O)[C@H](C)N2C(=O)C(=O)c3cc(Br)ccc32)cc1. The largest absolute Gasteiger partial charge is 0.456 e. The summed E-state index contributed by atoms with van der Waals surface area (Å²) >= 11 is 3.25. The van der Waals surface area contributed by atoms with Gasteiger partial charge in [0.05, 0.1) is 11.3 Å². The van der Waals surface area contributed by atoms with Crippen LogP contribution in [0.15, 0.2) is 46.9 Å². The van der Waals surface area contributed by atoms with Gasteiger partial charge in [0.2, 0.25) is 5.91 Å². The summed E-state index contributed by atoms with van der Waals surface area (Å²) in [4.78, 5) is 61.3. The molecule has 1 atom stereocenters. The lowest BCUT2D eigenvalue weighted by atomic mass is 10.1. The molecule has 9 heteroatoms. The summed E-state index contributed by atoms with van der Waals surface area (Å²) in [7, 11) is 0. The number of hydrogen-bond donors (Lipinski definition) is 1. The van der Waals surface area contributed by atoms with Crippen molar-refractivity contribution in [1.29, 1.82) is 0 Å². The van der Waals surface area contributed by atoms with Gasteiger partial charge in [-0.25, -0.2) is 4.79 Å². The summed E-state index contributed by atoms with van der Waals surface area (Å²) in [5.74, 6) is -3.03. The highest BCUT2D eigenvalue weighted by molar-refractivity contribution is 9.10. The molecule has 0 unspecified atom stereocenters. The normalized spacial score (nSPS) is 13.6. The van der Waals surface area contributed by atoms with Gasteiger partial charge in [-0.05, 0) is 49.4 Å². The third-order valence-electron chi connectivity index (χ3n) is 4.48. The summed E-state index contributed by atoms with van der Waals surface area (Å²) in [6, 6.07) is 9.77. The molecule has 1 aliphatic rings. The minimum atomic E-state index is -1.08. The van der Waals surface area contributed by atoms with Gasteiger partial charge in [0.15, 0.2) is 12.4 Å². The second-order valence-electron chi connectivity index (χ2n) is 6.63. The van der Waals surface area contributed by atoms with Crippen molar-refractivity contribution in [3.05, 3.63) is 58.1 Å². The molecule has 1 aliphatic heterocycles. The molecule has 8 nitrogen and oxygen atoms in total. The Kier molecular flexibility index (Phi) is 6.12. The highest BCUT2D eigenvalue weighted by Gasteiger charge is 2.41. The highest BCUT2D eigenvalue weighted by atomic mass is 79.9. The Morgan fingerprint density at radius 1 is 1.10 bits per heavy atom. The Morgan fingerprint density at radius 3 is 2.40 bits per heavy atom. The first-order valence-corrected chi connectivity index (χ1v) is 9.73. The zero-order valence-corrected chi connectivity index (χ0v) is 17.7. The van der Waals surface area contributed by atoms with Crippen molar-refractivity contribution < 1.29 is 28.7 Å². The molecule has 0 saturated carbocycles. The lowest BCUT2D eigenvalue weighted by molar-refractivity contribution is -0.144. The van der Waals surface area contributed by atoms with Crippen molar-refractivity contribution in [1.82, 2.24) is 0 Å². The average Bonchev–Trinajstić information content (AvgIpc) is 2.95. The van der Waals surface area contributed by atoms with Gasteiger partial charge in [-0.3, -0.25) is 24.1 Å². The number of benzene rings is 2. The summed E-state index contributed by atoms with van der Waals surface area (Å²) < 4.78 is 5.71. The number of rotatable bonds is 6. The Hall–Kier alpha value is -3.33. The number of carbonyl (C=O) groups is 5. The number of halogens is 1. The molecule has 1 heterocycles. The van der Waals surface area contributed by atoms with E-state index >= 15 is 0 Å². The van der Waals surface area contributed by atoms with E-state index in [9.17, 15) is 24.0 Å². The fourth-order valence-electron chi connectivity index (χ4n) is 3.01. The van der Waals surface area contributed by atoms with Gasteiger partial charge in [-0.1, -0.05) is 15.9 Å². The number of ether oxygens (including phenoxy) is 1.